The maximum absolute atomic E-state index is 11.9. The van der Waals surface area contributed by atoms with Gasteiger partial charge in [0, 0.05) is 11.8 Å². The summed E-state index contributed by atoms with van der Waals surface area (Å²) in [5.41, 5.74) is 0.599. The quantitative estimate of drug-likeness (QED) is 0.798. The second kappa shape index (κ2) is 3.00. The molecule has 2 N–H and O–H groups in total. The van der Waals surface area contributed by atoms with Crippen molar-refractivity contribution in [3.63, 3.8) is 0 Å². The van der Waals surface area contributed by atoms with Crippen molar-refractivity contribution >= 4 is 17.6 Å². The van der Waals surface area contributed by atoms with Crippen LogP contribution in [0.1, 0.15) is 12.0 Å². The molecule has 2 unspecified atom stereocenters. The predicted molar refractivity (Wildman–Crippen MR) is 59.0 cm³/mol. The summed E-state index contributed by atoms with van der Waals surface area (Å²) in [7, 11) is 1.55. The van der Waals surface area contributed by atoms with Crippen LogP contribution >= 0.6 is 0 Å². The van der Waals surface area contributed by atoms with E-state index in [4.69, 9.17) is 9.84 Å². The predicted octanol–water partition coefficient (Wildman–Crippen LogP) is 0.990. The number of rotatable bonds is 2. The zero-order chi connectivity index (χ0) is 12.2. The molecule has 2 atom stereocenters. The lowest BCUT2D eigenvalue weighted by atomic mass is 9.95. The number of carboxylic acid groups (broad SMARTS) is 1. The summed E-state index contributed by atoms with van der Waals surface area (Å²) in [5, 5.41) is 11.7. The number of benzene rings is 1. The minimum absolute atomic E-state index is 0.215. The molecule has 0 aromatic heterocycles. The number of hydrogen-bond acceptors (Lipinski definition) is 3. The van der Waals surface area contributed by atoms with Crippen molar-refractivity contribution in [2.75, 3.05) is 12.4 Å². The lowest BCUT2D eigenvalue weighted by molar-refractivity contribution is -0.140. The molecule has 1 aromatic carbocycles. The molecule has 17 heavy (non-hydrogen) atoms. The third kappa shape index (κ3) is 1.13. The topological polar surface area (TPSA) is 75.6 Å². The van der Waals surface area contributed by atoms with Crippen molar-refractivity contribution < 1.29 is 19.4 Å². The molecular formula is C12H11NO4. The van der Waals surface area contributed by atoms with Crippen LogP contribution in [0.3, 0.4) is 0 Å². The highest BCUT2D eigenvalue weighted by atomic mass is 16.5. The summed E-state index contributed by atoms with van der Waals surface area (Å²) >= 11 is 0. The fourth-order valence-corrected chi connectivity index (χ4v) is 2.61. The number of ether oxygens (including phenoxy) is 1. The van der Waals surface area contributed by atoms with Crippen molar-refractivity contribution in [3.05, 3.63) is 23.8 Å². The van der Waals surface area contributed by atoms with E-state index in [2.05, 4.69) is 5.32 Å². The van der Waals surface area contributed by atoms with Gasteiger partial charge in [-0.1, -0.05) is 6.07 Å². The van der Waals surface area contributed by atoms with Gasteiger partial charge in [0.25, 0.3) is 0 Å². The van der Waals surface area contributed by atoms with Crippen LogP contribution in [-0.4, -0.2) is 24.1 Å². The second-order valence-corrected chi connectivity index (χ2v) is 4.43. The smallest absolute Gasteiger partial charge is 0.307 e. The van der Waals surface area contributed by atoms with E-state index in [9.17, 15) is 9.59 Å². The van der Waals surface area contributed by atoms with Crippen LogP contribution in [0.5, 0.6) is 5.75 Å². The third-order valence-corrected chi connectivity index (χ3v) is 3.62. The highest BCUT2D eigenvalue weighted by molar-refractivity contribution is 6.12. The highest BCUT2D eigenvalue weighted by Crippen LogP contribution is 2.60. The number of carbonyl (C=O) groups excluding carboxylic acids is 1. The van der Waals surface area contributed by atoms with E-state index in [1.165, 1.54) is 0 Å². The van der Waals surface area contributed by atoms with Gasteiger partial charge in [-0.15, -0.1) is 0 Å². The first-order chi connectivity index (χ1) is 8.09. The van der Waals surface area contributed by atoms with Gasteiger partial charge < -0.3 is 15.2 Å². The Hall–Kier alpha value is -2.04. The fraction of sp³-hybridized carbons (Fsp3) is 0.333. The van der Waals surface area contributed by atoms with E-state index >= 15 is 0 Å². The summed E-state index contributed by atoms with van der Waals surface area (Å²) in [6.07, 6.45) is 0.382. The summed E-state index contributed by atoms with van der Waals surface area (Å²) in [5.74, 6) is -1.08. The molecule has 1 aromatic rings. The Labute approximate surface area is 97.4 Å². The van der Waals surface area contributed by atoms with Crippen LogP contribution in [0, 0.1) is 5.92 Å². The summed E-state index contributed by atoms with van der Waals surface area (Å²) < 4.78 is 5.07. The molecule has 1 amide bonds. The average Bonchev–Trinajstić information content (AvgIpc) is 2.99. The minimum atomic E-state index is -0.913. The van der Waals surface area contributed by atoms with E-state index in [-0.39, 0.29) is 5.91 Å². The molecule has 1 saturated carbocycles. The number of aliphatic carboxylic acids is 1. The molecule has 88 valence electrons. The minimum Gasteiger partial charge on any atom is -0.497 e. The van der Waals surface area contributed by atoms with Gasteiger partial charge in [0.2, 0.25) is 5.91 Å². The Kier molecular flexibility index (Phi) is 1.79. The number of hydrogen-bond donors (Lipinski definition) is 2. The lowest BCUT2D eigenvalue weighted by Crippen LogP contribution is -2.24. The van der Waals surface area contributed by atoms with Gasteiger partial charge in [-0.3, -0.25) is 9.59 Å². The van der Waals surface area contributed by atoms with Crippen LogP contribution in [0.15, 0.2) is 18.2 Å². The number of nitrogens with one attached hydrogen (secondary N) is 1. The molecule has 0 radical (unpaired) electrons. The van der Waals surface area contributed by atoms with Gasteiger partial charge in [0.15, 0.2) is 0 Å². The molecule has 1 aliphatic carbocycles. The molecule has 1 aliphatic heterocycles. The zero-order valence-corrected chi connectivity index (χ0v) is 9.19. The molecule has 1 fully saturated rings. The normalized spacial score (nSPS) is 28.8. The maximum atomic E-state index is 11.9. The van der Waals surface area contributed by atoms with Crippen LogP contribution < -0.4 is 10.1 Å². The standard InChI is InChI=1S/C12H11NO4/c1-17-6-2-3-7-9(4-6)13-11(16)12(7)5-8(12)10(14)15/h2-4,8H,5H2,1H3,(H,13,16)(H,14,15). The number of carboxylic acids is 1. The fourth-order valence-electron chi connectivity index (χ4n) is 2.61. The summed E-state index contributed by atoms with van der Waals surface area (Å²) in [4.78, 5) is 22.9. The first-order valence-electron chi connectivity index (χ1n) is 5.32. The number of anilines is 1. The van der Waals surface area contributed by atoms with Crippen molar-refractivity contribution in [1.29, 1.82) is 0 Å². The summed E-state index contributed by atoms with van der Waals surface area (Å²) in [6, 6.07) is 5.24. The van der Waals surface area contributed by atoms with Crippen LogP contribution in [-0.2, 0) is 15.0 Å². The molecule has 1 spiro atoms. The molecule has 1 heterocycles. The first kappa shape index (κ1) is 10.1. The largest absolute Gasteiger partial charge is 0.497 e. The average molecular weight is 233 g/mol. The van der Waals surface area contributed by atoms with E-state index in [1.807, 2.05) is 0 Å². The van der Waals surface area contributed by atoms with E-state index in [0.717, 1.165) is 5.56 Å². The van der Waals surface area contributed by atoms with Crippen molar-refractivity contribution in [2.45, 2.75) is 11.8 Å². The van der Waals surface area contributed by atoms with Crippen LogP contribution in [0.4, 0.5) is 5.69 Å². The summed E-state index contributed by atoms with van der Waals surface area (Å²) in [6.45, 7) is 0. The van der Waals surface area contributed by atoms with E-state index < -0.39 is 17.3 Å². The molecule has 5 heteroatoms. The van der Waals surface area contributed by atoms with E-state index in [0.29, 0.717) is 17.9 Å². The molecule has 5 nitrogen and oxygen atoms in total. The molecular weight excluding hydrogens is 222 g/mol. The molecule has 2 aliphatic rings. The number of carbonyl (C=O) groups is 2. The first-order valence-corrected chi connectivity index (χ1v) is 5.32. The highest BCUT2D eigenvalue weighted by Gasteiger charge is 2.68. The van der Waals surface area contributed by atoms with Gasteiger partial charge in [0.1, 0.15) is 5.75 Å². The Balaban J connectivity index is 2.07. The van der Waals surface area contributed by atoms with Crippen LogP contribution in [0.25, 0.3) is 0 Å². The Bertz CT molecular complexity index is 539. The van der Waals surface area contributed by atoms with E-state index in [1.54, 1.807) is 25.3 Å². The number of methoxy groups -OCH3 is 1. The van der Waals surface area contributed by atoms with Gasteiger partial charge in [-0.05, 0) is 18.1 Å². The maximum Gasteiger partial charge on any atom is 0.307 e. The second-order valence-electron chi connectivity index (χ2n) is 4.43. The Morgan fingerprint density at radius 3 is 2.94 bits per heavy atom. The van der Waals surface area contributed by atoms with Crippen molar-refractivity contribution in [1.82, 2.24) is 0 Å². The third-order valence-electron chi connectivity index (χ3n) is 3.62. The lowest BCUT2D eigenvalue weighted by Gasteiger charge is -2.06. The van der Waals surface area contributed by atoms with Crippen molar-refractivity contribution in [2.24, 2.45) is 5.92 Å². The van der Waals surface area contributed by atoms with Gasteiger partial charge >= 0.3 is 5.97 Å². The SMILES string of the molecule is COc1ccc2c(c1)NC(=O)C21CC1C(=O)O. The van der Waals surface area contributed by atoms with Gasteiger partial charge in [-0.2, -0.15) is 0 Å². The van der Waals surface area contributed by atoms with Crippen molar-refractivity contribution in [3.8, 4) is 5.75 Å². The monoisotopic (exact) mass is 233 g/mol. The number of amides is 1. The van der Waals surface area contributed by atoms with Crippen LogP contribution in [0.2, 0.25) is 0 Å². The molecule has 3 rings (SSSR count). The number of fused-ring (bicyclic) bond motifs is 2. The Morgan fingerprint density at radius 2 is 2.35 bits per heavy atom. The van der Waals surface area contributed by atoms with Gasteiger partial charge in [-0.25, -0.2) is 0 Å². The van der Waals surface area contributed by atoms with Gasteiger partial charge in [0.05, 0.1) is 18.4 Å². The molecule has 0 saturated heterocycles. The zero-order valence-electron chi connectivity index (χ0n) is 9.19. The molecule has 0 bridgehead atoms. The Morgan fingerprint density at radius 1 is 1.59 bits per heavy atom.